The van der Waals surface area contributed by atoms with Crippen molar-refractivity contribution in [3.8, 4) is 6.07 Å². The average Bonchev–Trinajstić information content (AvgIpc) is 3.06. The van der Waals surface area contributed by atoms with Crippen molar-refractivity contribution in [3.63, 3.8) is 0 Å². The number of hydrogen-bond acceptors (Lipinski definition) is 6. The molecule has 0 saturated carbocycles. The van der Waals surface area contributed by atoms with E-state index in [1.165, 1.54) is 109 Å². The maximum absolute atomic E-state index is 12.0. The molecule has 1 unspecified atom stereocenters. The van der Waals surface area contributed by atoms with Crippen LogP contribution >= 0.6 is 0 Å². The van der Waals surface area contributed by atoms with Gasteiger partial charge in [0.25, 0.3) is 0 Å². The number of rotatable bonds is 32. The lowest BCUT2D eigenvalue weighted by Crippen LogP contribution is -2.34. The molecule has 0 radical (unpaired) electrons. The fourth-order valence-corrected chi connectivity index (χ4v) is 5.56. The van der Waals surface area contributed by atoms with Crippen LogP contribution in [-0.4, -0.2) is 36.2 Å². The second-order valence-electron chi connectivity index (χ2n) is 14.6. The highest BCUT2D eigenvalue weighted by Gasteiger charge is 2.40. The minimum absolute atomic E-state index is 0.162. The van der Waals surface area contributed by atoms with E-state index in [2.05, 4.69) is 40.7 Å². The Kier molecular flexibility index (Phi) is 33.4. The SMILES string of the molecule is CCCCCCCCCCCCC(=O)OCCCOC(=O)CCC(C)(C#N)C(C)(C)CC.CCCCCCCCCCCCCC(=O)O. The number of nitrogens with zero attached hydrogens (tertiary/aromatic N) is 1. The number of aliphatic carboxylic acids is 1. The highest BCUT2D eigenvalue weighted by molar-refractivity contribution is 5.70. The van der Waals surface area contributed by atoms with Crippen molar-refractivity contribution in [1.82, 2.24) is 0 Å². The molecule has 0 aliphatic rings. The van der Waals surface area contributed by atoms with Crippen molar-refractivity contribution in [2.75, 3.05) is 13.2 Å². The molecule has 7 nitrogen and oxygen atoms in total. The lowest BCUT2D eigenvalue weighted by Gasteiger charge is -2.38. The van der Waals surface area contributed by atoms with E-state index in [0.29, 0.717) is 25.7 Å². The van der Waals surface area contributed by atoms with Gasteiger partial charge in [0.1, 0.15) is 0 Å². The minimum atomic E-state index is -0.657. The smallest absolute Gasteiger partial charge is 0.305 e. The fourth-order valence-electron chi connectivity index (χ4n) is 5.56. The van der Waals surface area contributed by atoms with Crippen LogP contribution in [0.25, 0.3) is 0 Å². The van der Waals surface area contributed by atoms with Crippen LogP contribution in [0.15, 0.2) is 0 Å². The second kappa shape index (κ2) is 33.4. The first-order valence-electron chi connectivity index (χ1n) is 19.9. The number of nitriles is 1. The molecule has 1 N–H and O–H groups in total. The third kappa shape index (κ3) is 30.0. The highest BCUT2D eigenvalue weighted by atomic mass is 16.5. The van der Waals surface area contributed by atoms with Gasteiger partial charge in [0, 0.05) is 25.7 Å². The summed E-state index contributed by atoms with van der Waals surface area (Å²) < 4.78 is 10.5. The van der Waals surface area contributed by atoms with E-state index in [0.717, 1.165) is 32.1 Å². The molecular weight excluding hydrogens is 602 g/mol. The van der Waals surface area contributed by atoms with Gasteiger partial charge in [-0.2, -0.15) is 5.26 Å². The number of carboxylic acids is 1. The number of hydrogen-bond donors (Lipinski definition) is 1. The zero-order valence-corrected chi connectivity index (χ0v) is 32.4. The molecule has 0 saturated heterocycles. The minimum Gasteiger partial charge on any atom is -0.481 e. The molecule has 0 aromatic rings. The van der Waals surface area contributed by atoms with Gasteiger partial charge in [0.15, 0.2) is 0 Å². The summed E-state index contributed by atoms with van der Waals surface area (Å²) in [6, 6.07) is 2.39. The van der Waals surface area contributed by atoms with Crippen molar-refractivity contribution in [3.05, 3.63) is 0 Å². The molecule has 1 atom stereocenters. The van der Waals surface area contributed by atoms with Gasteiger partial charge in [-0.25, -0.2) is 0 Å². The van der Waals surface area contributed by atoms with Crippen LogP contribution in [0.4, 0.5) is 0 Å². The number of carbonyl (C=O) groups excluding carboxylic acids is 2. The van der Waals surface area contributed by atoms with E-state index in [9.17, 15) is 19.6 Å². The molecule has 282 valence electrons. The normalized spacial score (nSPS) is 12.4. The fraction of sp³-hybridized carbons (Fsp3) is 0.902. The van der Waals surface area contributed by atoms with E-state index in [4.69, 9.17) is 14.6 Å². The van der Waals surface area contributed by atoms with E-state index in [1.807, 2.05) is 6.92 Å². The van der Waals surface area contributed by atoms with Crippen LogP contribution in [-0.2, 0) is 23.9 Å². The van der Waals surface area contributed by atoms with Gasteiger partial charge in [-0.1, -0.05) is 157 Å². The van der Waals surface area contributed by atoms with E-state index >= 15 is 0 Å². The summed E-state index contributed by atoms with van der Waals surface area (Å²) in [6.07, 6.45) is 29.3. The number of esters is 2. The number of carboxylic acid groups (broad SMARTS) is 1. The van der Waals surface area contributed by atoms with Gasteiger partial charge in [0.2, 0.25) is 0 Å². The Morgan fingerprint density at radius 1 is 0.542 bits per heavy atom. The Bertz CT molecular complexity index is 820. The summed E-state index contributed by atoms with van der Waals surface area (Å²) in [5, 5.41) is 18.0. The number of ether oxygens (including phenoxy) is 2. The van der Waals surface area contributed by atoms with Crippen LogP contribution in [0.3, 0.4) is 0 Å². The summed E-state index contributed by atoms with van der Waals surface area (Å²) in [4.78, 5) is 34.0. The molecule has 48 heavy (non-hydrogen) atoms. The van der Waals surface area contributed by atoms with Crippen molar-refractivity contribution in [1.29, 1.82) is 5.26 Å². The Labute approximate surface area is 296 Å². The van der Waals surface area contributed by atoms with Crippen molar-refractivity contribution < 1.29 is 29.0 Å². The molecule has 0 aromatic heterocycles. The van der Waals surface area contributed by atoms with Gasteiger partial charge in [-0.05, 0) is 38.0 Å². The predicted molar refractivity (Wildman–Crippen MR) is 199 cm³/mol. The highest BCUT2D eigenvalue weighted by Crippen LogP contribution is 2.44. The Balaban J connectivity index is 0. The summed E-state index contributed by atoms with van der Waals surface area (Å²) in [7, 11) is 0. The van der Waals surface area contributed by atoms with Gasteiger partial charge in [-0.3, -0.25) is 14.4 Å². The first kappa shape index (κ1) is 48.0. The van der Waals surface area contributed by atoms with Crippen molar-refractivity contribution in [2.45, 2.75) is 215 Å². The summed E-state index contributed by atoms with van der Waals surface area (Å²) in [5.41, 5.74) is -0.727. The molecule has 0 aliphatic carbocycles. The van der Waals surface area contributed by atoms with Crippen molar-refractivity contribution in [2.24, 2.45) is 10.8 Å². The average molecular weight is 680 g/mol. The number of carbonyl (C=O) groups is 3. The Hall–Kier alpha value is -2.10. The topological polar surface area (TPSA) is 114 Å². The molecule has 0 aromatic carbocycles. The largest absolute Gasteiger partial charge is 0.481 e. The summed E-state index contributed by atoms with van der Waals surface area (Å²) in [6.45, 7) is 13.1. The summed E-state index contributed by atoms with van der Waals surface area (Å²) in [5.74, 6) is -1.12. The first-order valence-corrected chi connectivity index (χ1v) is 19.9. The van der Waals surface area contributed by atoms with Gasteiger partial charge >= 0.3 is 17.9 Å². The molecule has 0 bridgehead atoms. The lowest BCUT2D eigenvalue weighted by molar-refractivity contribution is -0.146. The van der Waals surface area contributed by atoms with Crippen LogP contribution < -0.4 is 0 Å². The van der Waals surface area contributed by atoms with E-state index in [-0.39, 0.29) is 37.0 Å². The van der Waals surface area contributed by atoms with Gasteiger partial charge in [0.05, 0.1) is 24.7 Å². The molecule has 7 heteroatoms. The van der Waals surface area contributed by atoms with Crippen LogP contribution in [0.5, 0.6) is 0 Å². The van der Waals surface area contributed by atoms with E-state index in [1.54, 1.807) is 0 Å². The zero-order valence-electron chi connectivity index (χ0n) is 32.4. The monoisotopic (exact) mass is 680 g/mol. The third-order valence-corrected chi connectivity index (χ3v) is 10.00. The molecular formula is C41H77NO6. The van der Waals surface area contributed by atoms with Crippen LogP contribution in [0.2, 0.25) is 0 Å². The van der Waals surface area contributed by atoms with Crippen LogP contribution in [0, 0.1) is 22.2 Å². The number of unbranched alkanes of at least 4 members (excludes halogenated alkanes) is 19. The Morgan fingerprint density at radius 3 is 1.25 bits per heavy atom. The molecule has 0 aliphatic heterocycles. The molecule has 0 fully saturated rings. The second-order valence-corrected chi connectivity index (χ2v) is 14.6. The third-order valence-electron chi connectivity index (χ3n) is 10.00. The Morgan fingerprint density at radius 2 is 0.896 bits per heavy atom. The quantitative estimate of drug-likeness (QED) is 0.0556. The van der Waals surface area contributed by atoms with Crippen molar-refractivity contribution >= 4 is 17.9 Å². The molecule has 0 spiro atoms. The van der Waals surface area contributed by atoms with Crippen LogP contribution in [0.1, 0.15) is 215 Å². The lowest BCUT2D eigenvalue weighted by atomic mass is 9.64. The maximum Gasteiger partial charge on any atom is 0.305 e. The molecule has 0 rings (SSSR count). The molecule has 0 amide bonds. The maximum atomic E-state index is 12.0. The standard InChI is InChI=1S/C27H49NO4.C14H28O2/c1-6-8-9-10-11-12-13-14-15-16-18-24(29)31-21-17-22-32-25(30)19-20-27(5,23-28)26(3,4)7-2;1-2-3-4-5-6-7-8-9-10-11-12-13-14(15)16/h6-22H2,1-5H3;2-13H2,1H3,(H,15,16). The van der Waals surface area contributed by atoms with E-state index < -0.39 is 11.4 Å². The van der Waals surface area contributed by atoms with Gasteiger partial charge in [-0.15, -0.1) is 0 Å². The zero-order chi connectivity index (χ0) is 36.4. The van der Waals surface area contributed by atoms with Gasteiger partial charge < -0.3 is 14.6 Å². The first-order chi connectivity index (χ1) is 23.0. The predicted octanol–water partition coefficient (Wildman–Crippen LogP) is 12.3. The summed E-state index contributed by atoms with van der Waals surface area (Å²) >= 11 is 0. The molecule has 0 heterocycles.